The van der Waals surface area contributed by atoms with Crippen LogP contribution in [-0.2, 0) is 21.4 Å². The van der Waals surface area contributed by atoms with Gasteiger partial charge in [-0.2, -0.15) is 4.31 Å². The first kappa shape index (κ1) is 21.5. The van der Waals surface area contributed by atoms with Crippen molar-refractivity contribution in [1.29, 1.82) is 0 Å². The van der Waals surface area contributed by atoms with Crippen LogP contribution < -0.4 is 5.32 Å². The van der Waals surface area contributed by atoms with Gasteiger partial charge in [-0.05, 0) is 48.6 Å². The molecule has 6 nitrogen and oxygen atoms in total. The number of sulfonamides is 1. The number of aromatic nitrogens is 1. The molecule has 3 heterocycles. The van der Waals surface area contributed by atoms with E-state index in [1.807, 2.05) is 36.7 Å². The summed E-state index contributed by atoms with van der Waals surface area (Å²) in [5.41, 5.74) is 2.71. The molecule has 158 valence electrons. The van der Waals surface area contributed by atoms with Crippen molar-refractivity contribution in [2.24, 2.45) is 0 Å². The molecule has 1 aliphatic heterocycles. The third-order valence-electron chi connectivity index (χ3n) is 4.96. The van der Waals surface area contributed by atoms with Crippen LogP contribution in [0.3, 0.4) is 0 Å². The topological polar surface area (TPSA) is 79.4 Å². The average molecular weight is 480 g/mol. The van der Waals surface area contributed by atoms with E-state index >= 15 is 0 Å². The highest BCUT2D eigenvalue weighted by atomic mass is 32.2. The van der Waals surface area contributed by atoms with Crippen molar-refractivity contribution in [2.45, 2.75) is 31.3 Å². The first-order valence-electron chi connectivity index (χ1n) is 9.29. The Morgan fingerprint density at radius 1 is 1.23 bits per heavy atom. The second kappa shape index (κ2) is 8.80. The molecule has 1 amide bonds. The fourth-order valence-electron chi connectivity index (χ4n) is 3.08. The third-order valence-corrected chi connectivity index (χ3v) is 9.91. The van der Waals surface area contributed by atoms with E-state index in [9.17, 15) is 13.2 Å². The van der Waals surface area contributed by atoms with E-state index in [0.717, 1.165) is 26.7 Å². The van der Waals surface area contributed by atoms with Crippen LogP contribution in [0.5, 0.6) is 0 Å². The number of hydrogen-bond donors (Lipinski definition) is 1. The first-order valence-corrected chi connectivity index (χ1v) is 13.6. The van der Waals surface area contributed by atoms with Crippen molar-refractivity contribution >= 4 is 50.4 Å². The van der Waals surface area contributed by atoms with Crippen LogP contribution in [-0.4, -0.2) is 41.3 Å². The molecule has 0 radical (unpaired) electrons. The quantitative estimate of drug-likeness (QED) is 0.581. The number of hydrogen-bond acceptors (Lipinski definition) is 7. The minimum absolute atomic E-state index is 0.228. The number of carbonyl (C=O) groups is 1. The second-order valence-corrected chi connectivity index (χ2v) is 11.7. The summed E-state index contributed by atoms with van der Waals surface area (Å²) in [5.74, 6) is 0.415. The molecule has 1 atom stereocenters. The maximum Gasteiger partial charge on any atom is 0.244 e. The van der Waals surface area contributed by atoms with E-state index < -0.39 is 16.1 Å². The van der Waals surface area contributed by atoms with E-state index in [0.29, 0.717) is 5.75 Å². The summed E-state index contributed by atoms with van der Waals surface area (Å²) >= 11 is 4.60. The normalized spacial score (nSPS) is 17.3. The van der Waals surface area contributed by atoms with Gasteiger partial charge in [0.05, 0.1) is 27.9 Å². The van der Waals surface area contributed by atoms with E-state index in [1.54, 1.807) is 29.5 Å². The fraction of sp³-hybridized carbons (Fsp3) is 0.300. The van der Waals surface area contributed by atoms with Gasteiger partial charge < -0.3 is 5.32 Å². The van der Waals surface area contributed by atoms with Crippen molar-refractivity contribution in [3.05, 3.63) is 57.9 Å². The van der Waals surface area contributed by atoms with Gasteiger partial charge >= 0.3 is 0 Å². The van der Waals surface area contributed by atoms with Gasteiger partial charge in [0.1, 0.15) is 11.0 Å². The van der Waals surface area contributed by atoms with Crippen molar-refractivity contribution in [1.82, 2.24) is 14.6 Å². The third kappa shape index (κ3) is 4.33. The summed E-state index contributed by atoms with van der Waals surface area (Å²) in [4.78, 5) is 18.7. The molecule has 2 aromatic heterocycles. The Balaban J connectivity index is 1.45. The van der Waals surface area contributed by atoms with Crippen LogP contribution in [0.2, 0.25) is 0 Å². The van der Waals surface area contributed by atoms with E-state index in [1.165, 1.54) is 27.4 Å². The van der Waals surface area contributed by atoms with Crippen LogP contribution >= 0.6 is 34.4 Å². The highest BCUT2D eigenvalue weighted by Crippen LogP contribution is 2.30. The summed E-state index contributed by atoms with van der Waals surface area (Å²) in [7, 11) is -3.74. The van der Waals surface area contributed by atoms with Gasteiger partial charge in [0, 0.05) is 11.1 Å². The Kier molecular flexibility index (Phi) is 6.31. The lowest BCUT2D eigenvalue weighted by Gasteiger charge is -2.22. The predicted molar refractivity (Wildman–Crippen MR) is 123 cm³/mol. The summed E-state index contributed by atoms with van der Waals surface area (Å²) in [6.45, 7) is 4.10. The Bertz CT molecular complexity index is 1160. The van der Waals surface area contributed by atoms with Gasteiger partial charge in [-0.15, -0.1) is 34.4 Å². The van der Waals surface area contributed by atoms with Gasteiger partial charge in [0.2, 0.25) is 15.9 Å². The summed E-state index contributed by atoms with van der Waals surface area (Å²) < 4.78 is 27.6. The van der Waals surface area contributed by atoms with Gasteiger partial charge in [-0.1, -0.05) is 12.1 Å². The standard InChI is InChI=1S/C20H21N3O3S4/c1-13-5-6-16(8-14(13)2)30(25,26)23-12-27-11-17(23)19(24)21-9-15-10-29-20(22-15)18-4-3-7-28-18/h3-8,10,17H,9,11-12H2,1-2H3,(H,21,24)/t17-/m1/s1. The number of nitrogens with one attached hydrogen (secondary N) is 1. The van der Waals surface area contributed by atoms with Gasteiger partial charge in [0.15, 0.2) is 0 Å². The Labute approximate surface area is 188 Å². The van der Waals surface area contributed by atoms with Crippen LogP contribution in [0, 0.1) is 13.8 Å². The first-order chi connectivity index (χ1) is 14.4. The number of aryl methyl sites for hydroxylation is 2. The van der Waals surface area contributed by atoms with Crippen LogP contribution in [0.4, 0.5) is 0 Å². The molecule has 0 bridgehead atoms. The average Bonchev–Trinajstić information content (AvgIpc) is 3.48. The number of rotatable bonds is 6. The molecule has 4 rings (SSSR count). The second-order valence-electron chi connectivity index (χ2n) is 6.99. The van der Waals surface area contributed by atoms with Crippen molar-refractivity contribution in [3.8, 4) is 9.88 Å². The van der Waals surface area contributed by atoms with E-state index in [2.05, 4.69) is 10.3 Å². The van der Waals surface area contributed by atoms with Gasteiger partial charge in [-0.25, -0.2) is 13.4 Å². The number of benzene rings is 1. The summed E-state index contributed by atoms with van der Waals surface area (Å²) in [6.07, 6.45) is 0. The van der Waals surface area contributed by atoms with Crippen LogP contribution in [0.15, 0.2) is 46.0 Å². The molecule has 1 saturated heterocycles. The number of thioether (sulfide) groups is 1. The molecule has 0 unspecified atom stereocenters. The molecular formula is C20H21N3O3S4. The van der Waals surface area contributed by atoms with Gasteiger partial charge in [0.25, 0.3) is 0 Å². The largest absolute Gasteiger partial charge is 0.349 e. The molecule has 10 heteroatoms. The summed E-state index contributed by atoms with van der Waals surface area (Å²) in [5, 5.41) is 7.70. The smallest absolute Gasteiger partial charge is 0.244 e. The highest BCUT2D eigenvalue weighted by molar-refractivity contribution is 8.00. The minimum atomic E-state index is -3.74. The van der Waals surface area contributed by atoms with Crippen molar-refractivity contribution in [3.63, 3.8) is 0 Å². The molecule has 0 aliphatic carbocycles. The molecule has 0 saturated carbocycles. The lowest BCUT2D eigenvalue weighted by atomic mass is 10.1. The molecule has 1 aromatic carbocycles. The van der Waals surface area contributed by atoms with E-state index in [4.69, 9.17) is 0 Å². The molecule has 3 aromatic rings. The summed E-state index contributed by atoms with van der Waals surface area (Å²) in [6, 6.07) is 8.34. The van der Waals surface area contributed by atoms with Crippen LogP contribution in [0.1, 0.15) is 16.8 Å². The molecule has 1 aliphatic rings. The van der Waals surface area contributed by atoms with Gasteiger partial charge in [-0.3, -0.25) is 4.79 Å². The maximum atomic E-state index is 13.1. The number of carbonyl (C=O) groups excluding carboxylic acids is 1. The zero-order chi connectivity index (χ0) is 21.3. The molecule has 1 fully saturated rings. The number of nitrogens with zero attached hydrogens (tertiary/aromatic N) is 2. The van der Waals surface area contributed by atoms with Crippen LogP contribution in [0.25, 0.3) is 9.88 Å². The van der Waals surface area contributed by atoms with Crippen molar-refractivity contribution < 1.29 is 13.2 Å². The molecule has 30 heavy (non-hydrogen) atoms. The molecule has 0 spiro atoms. The number of amides is 1. The Morgan fingerprint density at radius 3 is 2.80 bits per heavy atom. The maximum absolute atomic E-state index is 13.1. The zero-order valence-corrected chi connectivity index (χ0v) is 19.8. The SMILES string of the molecule is Cc1ccc(S(=O)(=O)N2CSC[C@@H]2C(=O)NCc2csc(-c3cccs3)n2)cc1C. The highest BCUT2D eigenvalue weighted by Gasteiger charge is 2.40. The Morgan fingerprint density at radius 2 is 2.07 bits per heavy atom. The number of thiophene rings is 1. The van der Waals surface area contributed by atoms with E-state index in [-0.39, 0.29) is 23.2 Å². The lowest BCUT2D eigenvalue weighted by Crippen LogP contribution is -2.47. The monoisotopic (exact) mass is 479 g/mol. The molecule has 1 N–H and O–H groups in total. The Hall–Kier alpha value is -1.72. The zero-order valence-electron chi connectivity index (χ0n) is 16.5. The predicted octanol–water partition coefficient (Wildman–Crippen LogP) is 3.87. The lowest BCUT2D eigenvalue weighted by molar-refractivity contribution is -0.124. The molecular weight excluding hydrogens is 459 g/mol. The minimum Gasteiger partial charge on any atom is -0.349 e. The fourth-order valence-corrected chi connectivity index (χ4v) is 7.95. The van der Waals surface area contributed by atoms with Crippen molar-refractivity contribution in [2.75, 3.05) is 11.6 Å². The number of thiazole rings is 1.